The highest BCUT2D eigenvalue weighted by Crippen LogP contribution is 2.14. The molecular weight excluding hydrogens is 252 g/mol. The normalized spacial score (nSPS) is 10.6. The fourth-order valence-corrected chi connectivity index (χ4v) is 1.77. The van der Waals surface area contributed by atoms with E-state index in [1.807, 2.05) is 18.2 Å². The molecule has 0 saturated heterocycles. The first-order valence-electron chi connectivity index (χ1n) is 6.41. The van der Waals surface area contributed by atoms with Gasteiger partial charge in [0.2, 0.25) is 0 Å². The molecule has 0 aliphatic carbocycles. The Balaban J connectivity index is 1.79. The number of nitrogens with one attached hydrogen (secondary N) is 1. The maximum Gasteiger partial charge on any atom is 0.275 e. The number of aromatic hydroxyl groups is 1. The molecule has 2 rings (SSSR count). The summed E-state index contributed by atoms with van der Waals surface area (Å²) in [4.78, 5) is 11.7. The van der Waals surface area contributed by atoms with Crippen LogP contribution in [0.25, 0.3) is 0 Å². The summed E-state index contributed by atoms with van der Waals surface area (Å²) in [5, 5.41) is 13.4. The third-order valence-electron chi connectivity index (χ3n) is 2.81. The number of hydrogen-bond acceptors (Lipinski definition) is 3. The van der Waals surface area contributed by atoms with E-state index in [-0.39, 0.29) is 11.3 Å². The van der Waals surface area contributed by atoms with Crippen molar-refractivity contribution in [3.8, 4) is 5.75 Å². The first kappa shape index (κ1) is 13.8. The van der Waals surface area contributed by atoms with Crippen LogP contribution in [-0.4, -0.2) is 17.2 Å². The Kier molecular flexibility index (Phi) is 4.89. The molecule has 0 radical (unpaired) electrons. The predicted octanol–water partition coefficient (Wildman–Crippen LogP) is 2.74. The van der Waals surface area contributed by atoms with Crippen molar-refractivity contribution in [1.82, 2.24) is 5.43 Å². The van der Waals surface area contributed by atoms with Gasteiger partial charge >= 0.3 is 0 Å². The van der Waals surface area contributed by atoms with Crippen molar-refractivity contribution >= 4 is 12.1 Å². The van der Waals surface area contributed by atoms with Crippen molar-refractivity contribution in [3.63, 3.8) is 0 Å². The van der Waals surface area contributed by atoms with Gasteiger partial charge in [0.25, 0.3) is 5.91 Å². The zero-order chi connectivity index (χ0) is 14.2. The Labute approximate surface area is 117 Å². The van der Waals surface area contributed by atoms with E-state index < -0.39 is 5.91 Å². The second-order valence-corrected chi connectivity index (χ2v) is 4.29. The zero-order valence-electron chi connectivity index (χ0n) is 11.0. The highest BCUT2D eigenvalue weighted by molar-refractivity contribution is 5.96. The number of benzene rings is 2. The molecule has 0 heterocycles. The van der Waals surface area contributed by atoms with Gasteiger partial charge in [-0.25, -0.2) is 5.43 Å². The number of nitrogens with zero attached hydrogens (tertiary/aromatic N) is 1. The lowest BCUT2D eigenvalue weighted by atomic mass is 10.1. The molecular formula is C16H16N2O2. The molecule has 0 saturated carbocycles. The quantitative estimate of drug-likeness (QED) is 0.647. The van der Waals surface area contributed by atoms with E-state index in [9.17, 15) is 9.90 Å². The smallest absolute Gasteiger partial charge is 0.275 e. The average Bonchev–Trinajstić information content (AvgIpc) is 2.48. The summed E-state index contributed by atoms with van der Waals surface area (Å²) in [6, 6.07) is 16.4. The molecule has 4 nitrogen and oxygen atoms in total. The number of aryl methyl sites for hydroxylation is 1. The highest BCUT2D eigenvalue weighted by atomic mass is 16.3. The number of rotatable bonds is 5. The van der Waals surface area contributed by atoms with E-state index in [4.69, 9.17) is 0 Å². The number of phenolic OH excluding ortho intramolecular Hbond substituents is 1. The summed E-state index contributed by atoms with van der Waals surface area (Å²) in [5.41, 5.74) is 3.84. The molecule has 2 aromatic rings. The number of carbonyl (C=O) groups is 1. The fourth-order valence-electron chi connectivity index (χ4n) is 1.77. The molecule has 0 bridgehead atoms. The van der Waals surface area contributed by atoms with Crippen LogP contribution in [0.5, 0.6) is 5.75 Å². The van der Waals surface area contributed by atoms with E-state index >= 15 is 0 Å². The number of para-hydroxylation sites is 1. The van der Waals surface area contributed by atoms with Crippen molar-refractivity contribution < 1.29 is 9.90 Å². The van der Waals surface area contributed by atoms with Crippen LogP contribution in [0.1, 0.15) is 22.3 Å². The average molecular weight is 268 g/mol. The molecule has 0 unspecified atom stereocenters. The van der Waals surface area contributed by atoms with Gasteiger partial charge in [-0.15, -0.1) is 0 Å². The van der Waals surface area contributed by atoms with Gasteiger partial charge in [-0.1, -0.05) is 42.5 Å². The lowest BCUT2D eigenvalue weighted by molar-refractivity contribution is 0.0952. The molecule has 102 valence electrons. The van der Waals surface area contributed by atoms with Gasteiger partial charge in [0.1, 0.15) is 5.75 Å². The summed E-state index contributed by atoms with van der Waals surface area (Å²) in [7, 11) is 0. The Morgan fingerprint density at radius 1 is 1.10 bits per heavy atom. The maximum absolute atomic E-state index is 11.7. The number of phenols is 1. The van der Waals surface area contributed by atoms with Crippen LogP contribution < -0.4 is 5.43 Å². The van der Waals surface area contributed by atoms with E-state index in [2.05, 4.69) is 22.7 Å². The molecule has 0 aromatic heterocycles. The minimum Gasteiger partial charge on any atom is -0.507 e. The first-order valence-corrected chi connectivity index (χ1v) is 6.41. The van der Waals surface area contributed by atoms with Crippen molar-refractivity contribution in [1.29, 1.82) is 0 Å². The van der Waals surface area contributed by atoms with Crippen molar-refractivity contribution in [3.05, 3.63) is 65.7 Å². The Hall–Kier alpha value is -2.62. The molecule has 2 aromatic carbocycles. The largest absolute Gasteiger partial charge is 0.507 e. The number of hydrogen-bond donors (Lipinski definition) is 2. The van der Waals surface area contributed by atoms with Crippen LogP contribution in [0.4, 0.5) is 0 Å². The van der Waals surface area contributed by atoms with E-state index in [0.717, 1.165) is 12.8 Å². The summed E-state index contributed by atoms with van der Waals surface area (Å²) in [6.45, 7) is 0. The molecule has 0 aliphatic rings. The zero-order valence-corrected chi connectivity index (χ0v) is 11.0. The topological polar surface area (TPSA) is 61.7 Å². The molecule has 0 atom stereocenters. The van der Waals surface area contributed by atoms with E-state index in [0.29, 0.717) is 0 Å². The molecule has 1 amide bonds. The Bertz CT molecular complexity index is 594. The second kappa shape index (κ2) is 7.09. The van der Waals surface area contributed by atoms with Gasteiger partial charge in [-0.05, 0) is 30.5 Å². The summed E-state index contributed by atoms with van der Waals surface area (Å²) < 4.78 is 0. The van der Waals surface area contributed by atoms with Crippen molar-refractivity contribution in [2.24, 2.45) is 5.10 Å². The van der Waals surface area contributed by atoms with Crippen LogP contribution in [0.3, 0.4) is 0 Å². The standard InChI is InChI=1S/C16H16N2O2/c19-15-11-5-4-10-14(15)16(20)18-17-12-6-9-13-7-2-1-3-8-13/h1-5,7-8,10-12,19H,6,9H2,(H,18,20)/b17-12+. The van der Waals surface area contributed by atoms with E-state index in [1.54, 1.807) is 24.4 Å². The lowest BCUT2D eigenvalue weighted by Gasteiger charge is -2.01. The number of amides is 1. The molecule has 2 N–H and O–H groups in total. The SMILES string of the molecule is O=C(N/N=C/CCc1ccccc1)c1ccccc1O. The number of hydrazone groups is 1. The molecule has 0 aliphatic heterocycles. The third-order valence-corrected chi connectivity index (χ3v) is 2.81. The van der Waals surface area contributed by atoms with Crippen LogP contribution in [0.15, 0.2) is 59.7 Å². The Morgan fingerprint density at radius 3 is 2.55 bits per heavy atom. The van der Waals surface area contributed by atoms with Gasteiger partial charge in [0, 0.05) is 6.21 Å². The molecule has 20 heavy (non-hydrogen) atoms. The van der Waals surface area contributed by atoms with Gasteiger partial charge < -0.3 is 5.11 Å². The fraction of sp³-hybridized carbons (Fsp3) is 0.125. The van der Waals surface area contributed by atoms with E-state index in [1.165, 1.54) is 11.6 Å². The molecule has 0 spiro atoms. The third kappa shape index (κ3) is 3.95. The summed E-state index contributed by atoms with van der Waals surface area (Å²) in [6.07, 6.45) is 3.27. The van der Waals surface area contributed by atoms with Crippen LogP contribution in [-0.2, 0) is 6.42 Å². The summed E-state index contributed by atoms with van der Waals surface area (Å²) in [5.74, 6) is -0.469. The maximum atomic E-state index is 11.7. The lowest BCUT2D eigenvalue weighted by Crippen LogP contribution is -2.17. The number of carbonyl (C=O) groups excluding carboxylic acids is 1. The minimum absolute atomic E-state index is 0.0514. The van der Waals surface area contributed by atoms with Gasteiger partial charge in [0.05, 0.1) is 5.56 Å². The van der Waals surface area contributed by atoms with Crippen LogP contribution in [0.2, 0.25) is 0 Å². The molecule has 4 heteroatoms. The predicted molar refractivity (Wildman–Crippen MR) is 78.8 cm³/mol. The van der Waals surface area contributed by atoms with Crippen molar-refractivity contribution in [2.75, 3.05) is 0 Å². The monoisotopic (exact) mass is 268 g/mol. The van der Waals surface area contributed by atoms with Gasteiger partial charge in [-0.3, -0.25) is 4.79 Å². The Morgan fingerprint density at radius 2 is 1.80 bits per heavy atom. The van der Waals surface area contributed by atoms with Crippen LogP contribution in [0, 0.1) is 0 Å². The highest BCUT2D eigenvalue weighted by Gasteiger charge is 2.08. The first-order chi connectivity index (χ1) is 9.77. The van der Waals surface area contributed by atoms with Gasteiger partial charge in [0.15, 0.2) is 0 Å². The minimum atomic E-state index is -0.418. The van der Waals surface area contributed by atoms with Gasteiger partial charge in [-0.2, -0.15) is 5.10 Å². The van der Waals surface area contributed by atoms with Crippen molar-refractivity contribution in [2.45, 2.75) is 12.8 Å². The van der Waals surface area contributed by atoms with Crippen LogP contribution >= 0.6 is 0 Å². The summed E-state index contributed by atoms with van der Waals surface area (Å²) >= 11 is 0. The molecule has 0 fully saturated rings. The second-order valence-electron chi connectivity index (χ2n) is 4.29.